The largest absolute Gasteiger partial charge is 0.368 e. The summed E-state index contributed by atoms with van der Waals surface area (Å²) in [5.41, 5.74) is 5.15. The Morgan fingerprint density at radius 1 is 1.75 bits per heavy atom. The zero-order valence-electron chi connectivity index (χ0n) is 5.13. The summed E-state index contributed by atoms with van der Waals surface area (Å²) >= 11 is 0. The maximum absolute atomic E-state index is 8.52. The third-order valence-corrected chi connectivity index (χ3v) is 0.708. The molecule has 0 rings (SSSR count). The molecule has 0 aliphatic rings. The summed E-state index contributed by atoms with van der Waals surface area (Å²) in [6.45, 7) is 2.75. The van der Waals surface area contributed by atoms with Crippen LogP contribution in [0.2, 0.25) is 0 Å². The van der Waals surface area contributed by atoms with E-state index in [9.17, 15) is 0 Å². The van der Waals surface area contributed by atoms with Crippen molar-refractivity contribution in [3.05, 3.63) is 0 Å². The molecule has 0 saturated heterocycles. The van der Waals surface area contributed by atoms with Gasteiger partial charge in [-0.25, -0.2) is 0 Å². The number of ether oxygens (including phenoxy) is 1. The topological polar surface area (TPSA) is 55.5 Å². The van der Waals surface area contributed by atoms with E-state index < -0.39 is 6.29 Å². The number of nitrogens with two attached hydrogens (primary N) is 1. The lowest BCUT2D eigenvalue weighted by Crippen LogP contribution is -2.10. The molecule has 0 aromatic carbocycles. The van der Waals surface area contributed by atoms with Crippen molar-refractivity contribution in [2.75, 3.05) is 13.2 Å². The number of hydrogen-bond acceptors (Lipinski definition) is 3. The molecule has 0 bridgehead atoms. The second kappa shape index (κ2) is 5.03. The summed E-state index contributed by atoms with van der Waals surface area (Å²) in [7, 11) is 0. The predicted octanol–water partition coefficient (Wildman–Crippen LogP) is -0.310. The maximum Gasteiger partial charge on any atom is 0.151 e. The van der Waals surface area contributed by atoms with E-state index in [4.69, 9.17) is 15.6 Å². The molecule has 0 radical (unpaired) electrons. The van der Waals surface area contributed by atoms with Crippen LogP contribution >= 0.6 is 0 Å². The van der Waals surface area contributed by atoms with Crippen molar-refractivity contribution < 1.29 is 9.84 Å². The van der Waals surface area contributed by atoms with Crippen LogP contribution in [0.15, 0.2) is 0 Å². The highest BCUT2D eigenvalue weighted by Crippen LogP contribution is 1.84. The van der Waals surface area contributed by atoms with E-state index in [1.807, 2.05) is 0 Å². The Balaban J connectivity index is 2.72. The summed E-state index contributed by atoms with van der Waals surface area (Å²) in [4.78, 5) is 0. The van der Waals surface area contributed by atoms with E-state index in [0.717, 1.165) is 6.42 Å². The molecule has 0 aliphatic carbocycles. The Labute approximate surface area is 49.4 Å². The fourth-order valence-corrected chi connectivity index (χ4v) is 0.337. The Bertz CT molecular complexity index is 47.7. The molecule has 1 atom stereocenters. The van der Waals surface area contributed by atoms with Crippen LogP contribution in [-0.4, -0.2) is 24.5 Å². The Hall–Kier alpha value is -0.120. The lowest BCUT2D eigenvalue weighted by molar-refractivity contribution is -0.0850. The summed E-state index contributed by atoms with van der Waals surface area (Å²) < 4.78 is 4.76. The van der Waals surface area contributed by atoms with E-state index >= 15 is 0 Å². The average Bonchev–Trinajstić information content (AvgIpc) is 1.66. The second-order valence-electron chi connectivity index (χ2n) is 1.61. The Kier molecular flexibility index (Phi) is 4.95. The molecule has 0 saturated carbocycles. The van der Waals surface area contributed by atoms with Gasteiger partial charge in [-0.3, -0.25) is 0 Å². The minimum Gasteiger partial charge on any atom is -0.368 e. The molecule has 3 N–H and O–H groups in total. The minimum atomic E-state index is -0.651. The van der Waals surface area contributed by atoms with Gasteiger partial charge in [-0.05, 0) is 19.9 Å². The van der Waals surface area contributed by atoms with E-state index in [-0.39, 0.29) is 0 Å². The first-order valence-electron chi connectivity index (χ1n) is 2.77. The van der Waals surface area contributed by atoms with Crippen LogP contribution < -0.4 is 5.73 Å². The molecular weight excluding hydrogens is 106 g/mol. The third kappa shape index (κ3) is 5.88. The van der Waals surface area contributed by atoms with Gasteiger partial charge in [-0.1, -0.05) is 0 Å². The first-order chi connectivity index (χ1) is 3.77. The van der Waals surface area contributed by atoms with Crippen LogP contribution in [0.5, 0.6) is 0 Å². The lowest BCUT2D eigenvalue weighted by Gasteiger charge is -2.03. The molecule has 50 valence electrons. The average molecular weight is 119 g/mol. The molecule has 0 fully saturated rings. The molecule has 0 spiro atoms. The SMILES string of the molecule is CC(O)OCCCN. The molecule has 0 aromatic heterocycles. The van der Waals surface area contributed by atoms with Gasteiger partial charge < -0.3 is 15.6 Å². The monoisotopic (exact) mass is 119 g/mol. The van der Waals surface area contributed by atoms with Gasteiger partial charge in [0.25, 0.3) is 0 Å². The van der Waals surface area contributed by atoms with Gasteiger partial charge in [0.15, 0.2) is 6.29 Å². The number of aliphatic hydroxyl groups is 1. The number of hydrogen-bond donors (Lipinski definition) is 2. The van der Waals surface area contributed by atoms with Crippen molar-refractivity contribution >= 4 is 0 Å². The summed E-state index contributed by atoms with van der Waals surface area (Å²) in [6, 6.07) is 0. The number of aliphatic hydroxyl groups excluding tert-OH is 1. The first kappa shape index (κ1) is 7.88. The van der Waals surface area contributed by atoms with Gasteiger partial charge in [0.05, 0.1) is 6.61 Å². The van der Waals surface area contributed by atoms with Crippen molar-refractivity contribution in [1.29, 1.82) is 0 Å². The van der Waals surface area contributed by atoms with E-state index in [0.29, 0.717) is 13.2 Å². The van der Waals surface area contributed by atoms with Crippen molar-refractivity contribution in [2.45, 2.75) is 19.6 Å². The molecule has 1 unspecified atom stereocenters. The zero-order valence-corrected chi connectivity index (χ0v) is 5.13. The van der Waals surface area contributed by atoms with Gasteiger partial charge in [0.1, 0.15) is 0 Å². The van der Waals surface area contributed by atoms with Gasteiger partial charge in [-0.2, -0.15) is 0 Å². The summed E-state index contributed by atoms with van der Waals surface area (Å²) in [6.07, 6.45) is 0.159. The van der Waals surface area contributed by atoms with Crippen molar-refractivity contribution in [3.8, 4) is 0 Å². The van der Waals surface area contributed by atoms with E-state index in [2.05, 4.69) is 0 Å². The highest BCUT2D eigenvalue weighted by molar-refractivity contribution is 4.34. The van der Waals surface area contributed by atoms with Crippen LogP contribution in [0.25, 0.3) is 0 Å². The molecule has 8 heavy (non-hydrogen) atoms. The predicted molar refractivity (Wildman–Crippen MR) is 31.3 cm³/mol. The quantitative estimate of drug-likeness (QED) is 0.394. The van der Waals surface area contributed by atoms with Gasteiger partial charge in [0, 0.05) is 0 Å². The summed E-state index contributed by atoms with van der Waals surface area (Å²) in [5, 5.41) is 8.52. The van der Waals surface area contributed by atoms with Crippen LogP contribution in [0, 0.1) is 0 Å². The smallest absolute Gasteiger partial charge is 0.151 e. The fourth-order valence-electron chi connectivity index (χ4n) is 0.337. The number of rotatable bonds is 4. The van der Waals surface area contributed by atoms with Crippen molar-refractivity contribution in [1.82, 2.24) is 0 Å². The lowest BCUT2D eigenvalue weighted by atomic mass is 10.5. The molecule has 0 aliphatic heterocycles. The zero-order chi connectivity index (χ0) is 6.41. The molecule has 3 nitrogen and oxygen atoms in total. The van der Waals surface area contributed by atoms with Crippen molar-refractivity contribution in [2.24, 2.45) is 5.73 Å². The maximum atomic E-state index is 8.52. The highest BCUT2D eigenvalue weighted by Gasteiger charge is 1.90. The highest BCUT2D eigenvalue weighted by atomic mass is 16.6. The van der Waals surface area contributed by atoms with Gasteiger partial charge in [0.2, 0.25) is 0 Å². The molecule has 0 amide bonds. The third-order valence-electron chi connectivity index (χ3n) is 0.708. The van der Waals surface area contributed by atoms with E-state index in [1.165, 1.54) is 0 Å². The fraction of sp³-hybridized carbons (Fsp3) is 1.00. The van der Waals surface area contributed by atoms with Crippen LogP contribution in [0.3, 0.4) is 0 Å². The minimum absolute atomic E-state index is 0.550. The van der Waals surface area contributed by atoms with Crippen molar-refractivity contribution in [3.63, 3.8) is 0 Å². The Morgan fingerprint density at radius 3 is 2.75 bits per heavy atom. The summed E-state index contributed by atoms with van der Waals surface area (Å²) in [5.74, 6) is 0. The second-order valence-corrected chi connectivity index (χ2v) is 1.61. The van der Waals surface area contributed by atoms with Gasteiger partial charge in [-0.15, -0.1) is 0 Å². The first-order valence-corrected chi connectivity index (χ1v) is 2.77. The Morgan fingerprint density at radius 2 is 2.38 bits per heavy atom. The molecule has 3 heteroatoms. The van der Waals surface area contributed by atoms with E-state index in [1.54, 1.807) is 6.92 Å². The van der Waals surface area contributed by atoms with Crippen LogP contribution in [0.4, 0.5) is 0 Å². The molecular formula is C5H13NO2. The standard InChI is InChI=1S/C5H13NO2/c1-5(7)8-4-2-3-6/h5,7H,2-4,6H2,1H3. The van der Waals surface area contributed by atoms with Crippen LogP contribution in [0.1, 0.15) is 13.3 Å². The normalized spacial score (nSPS) is 13.9. The molecule has 0 aromatic rings. The van der Waals surface area contributed by atoms with Crippen LogP contribution in [-0.2, 0) is 4.74 Å². The molecule has 0 heterocycles. The van der Waals surface area contributed by atoms with Gasteiger partial charge >= 0.3 is 0 Å².